The van der Waals surface area contributed by atoms with Crippen LogP contribution in [-0.2, 0) is 0 Å². The van der Waals surface area contributed by atoms with E-state index in [1.165, 1.54) is 11.8 Å². The van der Waals surface area contributed by atoms with Gasteiger partial charge < -0.3 is 0 Å². The van der Waals surface area contributed by atoms with Gasteiger partial charge in [0.25, 0.3) is 0 Å². The molecule has 0 spiro atoms. The van der Waals surface area contributed by atoms with Crippen LogP contribution in [-0.4, -0.2) is 17.5 Å². The van der Waals surface area contributed by atoms with Crippen LogP contribution in [0.25, 0.3) is 0 Å². The predicted molar refractivity (Wildman–Crippen MR) is 56.5 cm³/mol. The van der Waals surface area contributed by atoms with Crippen molar-refractivity contribution >= 4 is 16.9 Å². The molecule has 2 atom stereocenters. The van der Waals surface area contributed by atoms with Crippen LogP contribution in [0.3, 0.4) is 0 Å². The molecule has 0 heterocycles. The summed E-state index contributed by atoms with van der Waals surface area (Å²) < 4.78 is 0. The lowest BCUT2D eigenvalue weighted by Gasteiger charge is -2.04. The topological polar surface area (TPSA) is 48.2 Å². The van der Waals surface area contributed by atoms with Gasteiger partial charge in [0.05, 0.1) is 6.04 Å². The van der Waals surface area contributed by atoms with Crippen LogP contribution in [0.2, 0.25) is 0 Å². The molecule has 1 aliphatic rings. The van der Waals surface area contributed by atoms with Crippen molar-refractivity contribution in [3.8, 4) is 6.19 Å². The minimum absolute atomic E-state index is 0.387. The number of nitrogens with one attached hydrogen (secondary N) is 1. The normalized spacial score (nSPS) is 32.5. The fraction of sp³-hybridized carbons (Fsp3) is 0.778. The lowest BCUT2D eigenvalue weighted by atomic mass is 10.1. The van der Waals surface area contributed by atoms with E-state index in [9.17, 15) is 0 Å². The highest BCUT2D eigenvalue weighted by Crippen LogP contribution is 2.50. The van der Waals surface area contributed by atoms with E-state index in [0.29, 0.717) is 11.5 Å². The molecule has 1 fully saturated rings. The van der Waals surface area contributed by atoms with Crippen molar-refractivity contribution in [3.05, 3.63) is 0 Å². The largest absolute Gasteiger partial charge is 0.272 e. The van der Waals surface area contributed by atoms with Gasteiger partial charge in [-0.2, -0.15) is 5.26 Å². The number of nitrogens with zero attached hydrogens (tertiary/aromatic N) is 2. The molecule has 1 aliphatic carbocycles. The highest BCUT2D eigenvalue weighted by atomic mass is 32.2. The van der Waals surface area contributed by atoms with Gasteiger partial charge in [-0.05, 0) is 24.5 Å². The number of aliphatic imine (C=N–C) groups is 1. The maximum absolute atomic E-state index is 8.43. The van der Waals surface area contributed by atoms with Gasteiger partial charge in [-0.3, -0.25) is 10.3 Å². The molecule has 0 aromatic heterocycles. The third kappa shape index (κ3) is 2.38. The zero-order valence-corrected chi connectivity index (χ0v) is 9.11. The number of rotatable bonds is 2. The molecule has 0 aromatic carbocycles. The molecule has 4 heteroatoms. The number of amidine groups is 1. The second-order valence-electron chi connectivity index (χ2n) is 3.60. The molecule has 1 rings (SSSR count). The maximum atomic E-state index is 8.43. The molecule has 72 valence electrons. The van der Waals surface area contributed by atoms with E-state index in [-0.39, 0.29) is 0 Å². The van der Waals surface area contributed by atoms with Crippen LogP contribution in [0, 0.1) is 16.9 Å². The molecule has 0 amide bonds. The number of thioether (sulfide) groups is 1. The molecule has 13 heavy (non-hydrogen) atoms. The molecular weight excluding hydrogens is 182 g/mol. The third-order valence-corrected chi connectivity index (χ3v) is 3.34. The summed E-state index contributed by atoms with van der Waals surface area (Å²) >= 11 is 1.49. The highest BCUT2D eigenvalue weighted by molar-refractivity contribution is 8.13. The molecule has 0 aromatic rings. The van der Waals surface area contributed by atoms with Crippen molar-refractivity contribution in [3.63, 3.8) is 0 Å². The molecular formula is C9H15N3S. The van der Waals surface area contributed by atoms with Crippen molar-refractivity contribution in [1.29, 1.82) is 5.26 Å². The zero-order chi connectivity index (χ0) is 9.90. The quantitative estimate of drug-likeness (QED) is 0.318. The van der Waals surface area contributed by atoms with Crippen molar-refractivity contribution in [2.24, 2.45) is 10.4 Å². The van der Waals surface area contributed by atoms with Crippen molar-refractivity contribution in [1.82, 2.24) is 5.32 Å². The Morgan fingerprint density at radius 3 is 2.92 bits per heavy atom. The summed E-state index contributed by atoms with van der Waals surface area (Å²) in [7, 11) is 0. The van der Waals surface area contributed by atoms with Gasteiger partial charge in [0, 0.05) is 0 Å². The van der Waals surface area contributed by atoms with Crippen LogP contribution in [0.4, 0.5) is 0 Å². The Kier molecular flexibility index (Phi) is 3.21. The number of hydrogen-bond donors (Lipinski definition) is 1. The van der Waals surface area contributed by atoms with Gasteiger partial charge in [0.15, 0.2) is 11.4 Å². The molecule has 2 unspecified atom stereocenters. The average molecular weight is 197 g/mol. The Labute approximate surface area is 83.6 Å². The van der Waals surface area contributed by atoms with E-state index >= 15 is 0 Å². The summed E-state index contributed by atoms with van der Waals surface area (Å²) in [4.78, 5) is 4.47. The maximum Gasteiger partial charge on any atom is 0.183 e. The van der Waals surface area contributed by atoms with Gasteiger partial charge in [-0.1, -0.05) is 25.6 Å². The summed E-state index contributed by atoms with van der Waals surface area (Å²) in [6, 6.07) is 0.417. The Hall–Kier alpha value is -0.690. The summed E-state index contributed by atoms with van der Waals surface area (Å²) in [5, 5.41) is 11.8. The lowest BCUT2D eigenvalue weighted by Crippen LogP contribution is -2.14. The van der Waals surface area contributed by atoms with E-state index < -0.39 is 0 Å². The second kappa shape index (κ2) is 4.01. The smallest absolute Gasteiger partial charge is 0.183 e. The zero-order valence-electron chi connectivity index (χ0n) is 8.29. The van der Waals surface area contributed by atoms with Crippen LogP contribution in [0.1, 0.15) is 26.7 Å². The number of hydrogen-bond acceptors (Lipinski definition) is 3. The first kappa shape index (κ1) is 10.4. The Morgan fingerprint density at radius 2 is 2.54 bits per heavy atom. The Bertz CT molecular complexity index is 256. The van der Waals surface area contributed by atoms with Gasteiger partial charge in [0.2, 0.25) is 0 Å². The SMILES string of the molecule is CCC1(C)CC1N=C(NC#N)SC. The third-order valence-electron chi connectivity index (χ3n) is 2.74. The summed E-state index contributed by atoms with van der Waals surface area (Å²) in [5.74, 6) is 0. The van der Waals surface area contributed by atoms with Crippen LogP contribution in [0.15, 0.2) is 4.99 Å². The lowest BCUT2D eigenvalue weighted by molar-refractivity contribution is 0.527. The average Bonchev–Trinajstić information content (AvgIpc) is 2.77. The van der Waals surface area contributed by atoms with Gasteiger partial charge in [-0.25, -0.2) is 0 Å². The highest BCUT2D eigenvalue weighted by Gasteiger charge is 2.48. The van der Waals surface area contributed by atoms with Crippen LogP contribution < -0.4 is 5.32 Å². The van der Waals surface area contributed by atoms with E-state index in [1.54, 1.807) is 0 Å². The van der Waals surface area contributed by atoms with Crippen molar-refractivity contribution < 1.29 is 0 Å². The molecule has 0 bridgehead atoms. The predicted octanol–water partition coefficient (Wildman–Crippen LogP) is 1.96. The van der Waals surface area contributed by atoms with E-state index in [2.05, 4.69) is 24.2 Å². The van der Waals surface area contributed by atoms with Gasteiger partial charge in [-0.15, -0.1) is 0 Å². The minimum Gasteiger partial charge on any atom is -0.272 e. The van der Waals surface area contributed by atoms with Crippen molar-refractivity contribution in [2.75, 3.05) is 6.26 Å². The summed E-state index contributed by atoms with van der Waals surface area (Å²) in [5.41, 5.74) is 0.387. The first-order valence-corrected chi connectivity index (χ1v) is 5.65. The van der Waals surface area contributed by atoms with E-state index in [4.69, 9.17) is 5.26 Å². The molecule has 1 N–H and O–H groups in total. The molecule has 0 radical (unpaired) electrons. The second-order valence-corrected chi connectivity index (χ2v) is 4.40. The number of nitriles is 1. The molecule has 1 saturated carbocycles. The van der Waals surface area contributed by atoms with Gasteiger partial charge in [0.1, 0.15) is 0 Å². The first-order chi connectivity index (χ1) is 6.16. The minimum atomic E-state index is 0.387. The molecule has 0 aliphatic heterocycles. The van der Waals surface area contributed by atoms with Crippen LogP contribution >= 0.6 is 11.8 Å². The van der Waals surface area contributed by atoms with Gasteiger partial charge >= 0.3 is 0 Å². The summed E-state index contributed by atoms with van der Waals surface area (Å²) in [6.45, 7) is 4.43. The Morgan fingerprint density at radius 1 is 1.85 bits per heavy atom. The van der Waals surface area contributed by atoms with Crippen molar-refractivity contribution in [2.45, 2.75) is 32.7 Å². The fourth-order valence-electron chi connectivity index (χ4n) is 1.29. The first-order valence-electron chi connectivity index (χ1n) is 4.43. The van der Waals surface area contributed by atoms with E-state index in [0.717, 1.165) is 18.0 Å². The Balaban J connectivity index is 2.52. The monoisotopic (exact) mass is 197 g/mol. The summed E-state index contributed by atoms with van der Waals surface area (Å²) in [6.07, 6.45) is 6.14. The van der Waals surface area contributed by atoms with E-state index in [1.807, 2.05) is 12.4 Å². The van der Waals surface area contributed by atoms with Crippen LogP contribution in [0.5, 0.6) is 0 Å². The standard InChI is InChI=1S/C9H15N3S/c1-4-9(2)5-7(9)12-8(13-3)11-6-10/h7H,4-5H2,1-3H3,(H,11,12). The fourth-order valence-corrected chi connectivity index (χ4v) is 1.67. The molecule has 0 saturated heterocycles. The molecule has 3 nitrogen and oxygen atoms in total.